The SMILES string of the molecule is O=C([O-])C(=O)[O-].O=C([O-])C(=O)[O-].O=C([O-])C(=O)[O-].[V+3].[V+3]. The number of carboxylic acids is 6. The standard InChI is InChI=1S/3C2H2O4.2V/c3*3-1(4)2(5)6;;/h3*(H,3,4)(H,5,6);;/q;;;2*+3/p-6. The Kier molecular flexibility index (Phi) is 26.1. The molecule has 0 rings (SSSR count). The first kappa shape index (κ1) is 30.8. The molecule has 0 aliphatic carbocycles. The predicted octanol–water partition coefficient (Wildman–Crippen LogP) is -10.5. The van der Waals surface area contributed by atoms with Crippen molar-refractivity contribution >= 4 is 35.8 Å². The molecule has 0 atom stereocenters. The van der Waals surface area contributed by atoms with Crippen LogP contribution in [0.15, 0.2) is 0 Å². The maximum absolute atomic E-state index is 8.93. The first-order valence-corrected chi connectivity index (χ1v) is 3.20. The minimum absolute atomic E-state index is 0. The molecule has 0 fully saturated rings. The van der Waals surface area contributed by atoms with Crippen molar-refractivity contribution in [2.24, 2.45) is 0 Å². The average molecular weight is 366 g/mol. The number of aliphatic carboxylic acids is 6. The normalized spacial score (nSPS) is 6.60. The molecule has 0 amide bonds. The van der Waals surface area contributed by atoms with Crippen LogP contribution in [0.4, 0.5) is 0 Å². The van der Waals surface area contributed by atoms with Crippen LogP contribution in [-0.4, -0.2) is 35.8 Å². The molecule has 106 valence electrons. The summed E-state index contributed by atoms with van der Waals surface area (Å²) >= 11 is 0. The number of hydrogen-bond acceptors (Lipinski definition) is 12. The van der Waals surface area contributed by atoms with E-state index in [-0.39, 0.29) is 37.1 Å². The van der Waals surface area contributed by atoms with Crippen LogP contribution in [0, 0.1) is 0 Å². The van der Waals surface area contributed by atoms with Gasteiger partial charge >= 0.3 is 37.1 Å². The Morgan fingerprint density at radius 3 is 0.400 bits per heavy atom. The zero-order valence-electron chi connectivity index (χ0n) is 8.79. The minimum Gasteiger partial charge on any atom is -0.543 e. The third-order valence-corrected chi connectivity index (χ3v) is 0.500. The van der Waals surface area contributed by atoms with Crippen LogP contribution in [0.5, 0.6) is 0 Å². The Morgan fingerprint density at radius 2 is 0.400 bits per heavy atom. The van der Waals surface area contributed by atoms with Gasteiger partial charge in [0.25, 0.3) is 0 Å². The zero-order valence-corrected chi connectivity index (χ0v) is 11.6. The van der Waals surface area contributed by atoms with E-state index in [1.807, 2.05) is 0 Å². The van der Waals surface area contributed by atoms with Gasteiger partial charge in [0.2, 0.25) is 0 Å². The number of carboxylic acid groups (broad SMARTS) is 6. The van der Waals surface area contributed by atoms with E-state index < -0.39 is 35.8 Å². The fourth-order valence-electron chi connectivity index (χ4n) is 0. The van der Waals surface area contributed by atoms with Gasteiger partial charge < -0.3 is 59.4 Å². The summed E-state index contributed by atoms with van der Waals surface area (Å²) in [6.07, 6.45) is 0. The maximum Gasteiger partial charge on any atom is 3.00 e. The summed E-state index contributed by atoms with van der Waals surface area (Å²) < 4.78 is 0. The van der Waals surface area contributed by atoms with Crippen LogP contribution in [0.3, 0.4) is 0 Å². The largest absolute Gasteiger partial charge is 3.00 e. The first-order chi connectivity index (χ1) is 7.93. The Morgan fingerprint density at radius 1 is 0.350 bits per heavy atom. The molecule has 0 unspecified atom stereocenters. The first-order valence-electron chi connectivity index (χ1n) is 3.20. The van der Waals surface area contributed by atoms with Crippen molar-refractivity contribution in [1.29, 1.82) is 0 Å². The second-order valence-corrected chi connectivity index (χ2v) is 1.72. The number of carbonyl (C=O) groups is 6. The minimum atomic E-state index is -2.19. The number of rotatable bonds is 0. The maximum atomic E-state index is 8.93. The van der Waals surface area contributed by atoms with Crippen LogP contribution in [-0.2, 0) is 65.9 Å². The molecule has 14 heteroatoms. The second kappa shape index (κ2) is 17.0. The third-order valence-electron chi connectivity index (χ3n) is 0.500. The van der Waals surface area contributed by atoms with Crippen LogP contribution >= 0.6 is 0 Å². The van der Waals surface area contributed by atoms with Gasteiger partial charge in [-0.1, -0.05) is 0 Å². The van der Waals surface area contributed by atoms with E-state index in [0.717, 1.165) is 0 Å². The summed E-state index contributed by atoms with van der Waals surface area (Å²) in [5.41, 5.74) is 0. The van der Waals surface area contributed by atoms with Gasteiger partial charge in [0.15, 0.2) is 0 Å². The molecule has 0 N–H and O–H groups in total. The van der Waals surface area contributed by atoms with Crippen molar-refractivity contribution in [1.82, 2.24) is 0 Å². The van der Waals surface area contributed by atoms with E-state index in [2.05, 4.69) is 0 Å². The smallest absolute Gasteiger partial charge is 0.543 e. The summed E-state index contributed by atoms with van der Waals surface area (Å²) in [6, 6.07) is 0. The van der Waals surface area contributed by atoms with Gasteiger partial charge in [-0.25, -0.2) is 0 Å². The van der Waals surface area contributed by atoms with Crippen molar-refractivity contribution in [3.05, 3.63) is 0 Å². The Labute approximate surface area is 132 Å². The number of hydrogen-bond donors (Lipinski definition) is 0. The van der Waals surface area contributed by atoms with Crippen LogP contribution < -0.4 is 30.6 Å². The summed E-state index contributed by atoms with van der Waals surface area (Å²) in [7, 11) is 0. The van der Waals surface area contributed by atoms with Gasteiger partial charge in [-0.05, 0) is 0 Å². The monoisotopic (exact) mass is 366 g/mol. The van der Waals surface area contributed by atoms with Gasteiger partial charge in [-0.2, -0.15) is 0 Å². The van der Waals surface area contributed by atoms with Crippen LogP contribution in [0.1, 0.15) is 0 Å². The van der Waals surface area contributed by atoms with E-state index in [1.165, 1.54) is 0 Å². The van der Waals surface area contributed by atoms with E-state index in [1.54, 1.807) is 0 Å². The summed E-state index contributed by atoms with van der Waals surface area (Å²) in [6.45, 7) is 0. The summed E-state index contributed by atoms with van der Waals surface area (Å²) in [5, 5.41) is 53.6. The van der Waals surface area contributed by atoms with Gasteiger partial charge in [0.05, 0.1) is 35.8 Å². The fourth-order valence-corrected chi connectivity index (χ4v) is 0. The van der Waals surface area contributed by atoms with Crippen LogP contribution in [0.2, 0.25) is 0 Å². The van der Waals surface area contributed by atoms with Crippen molar-refractivity contribution in [3.63, 3.8) is 0 Å². The number of carbonyl (C=O) groups excluding carboxylic acids is 6. The molecule has 0 aromatic carbocycles. The molecular formula is C6O12V2. The molecule has 0 radical (unpaired) electrons. The Balaban J connectivity index is -0.0000000536. The van der Waals surface area contributed by atoms with Crippen molar-refractivity contribution in [2.75, 3.05) is 0 Å². The molecular weight excluding hydrogens is 366 g/mol. The Bertz CT molecular complexity index is 281. The molecule has 0 aromatic heterocycles. The fraction of sp³-hybridized carbons (Fsp3) is 0. The van der Waals surface area contributed by atoms with Gasteiger partial charge in [-0.15, -0.1) is 0 Å². The van der Waals surface area contributed by atoms with Gasteiger partial charge in [-0.3, -0.25) is 0 Å². The molecule has 0 saturated carbocycles. The molecule has 12 nitrogen and oxygen atoms in total. The van der Waals surface area contributed by atoms with Crippen molar-refractivity contribution in [2.45, 2.75) is 0 Å². The van der Waals surface area contributed by atoms with Gasteiger partial charge in [0, 0.05) is 0 Å². The Hall–Kier alpha value is -2.01. The van der Waals surface area contributed by atoms with Crippen LogP contribution in [0.25, 0.3) is 0 Å². The molecule has 20 heavy (non-hydrogen) atoms. The quantitative estimate of drug-likeness (QED) is 0.363. The topological polar surface area (TPSA) is 241 Å². The van der Waals surface area contributed by atoms with Crippen molar-refractivity contribution in [3.8, 4) is 0 Å². The summed E-state index contributed by atoms with van der Waals surface area (Å²) in [5.74, 6) is -13.1. The summed E-state index contributed by atoms with van der Waals surface area (Å²) in [4.78, 5) is 53.6. The van der Waals surface area contributed by atoms with E-state index >= 15 is 0 Å². The molecule has 0 aliphatic heterocycles. The molecule has 0 aromatic rings. The van der Waals surface area contributed by atoms with Crippen molar-refractivity contribution < 1.29 is 96.5 Å². The van der Waals surface area contributed by atoms with E-state index in [0.29, 0.717) is 0 Å². The second-order valence-electron chi connectivity index (χ2n) is 1.72. The molecule has 0 saturated heterocycles. The molecule has 0 heterocycles. The molecule has 0 spiro atoms. The molecule has 0 bridgehead atoms. The zero-order chi connectivity index (χ0) is 15.5. The van der Waals surface area contributed by atoms with E-state index in [4.69, 9.17) is 59.4 Å². The van der Waals surface area contributed by atoms with E-state index in [9.17, 15) is 0 Å². The third kappa shape index (κ3) is 36.0. The average Bonchev–Trinajstić information content (AvgIpc) is 2.18. The molecule has 0 aliphatic rings. The predicted molar refractivity (Wildman–Crippen MR) is 30.0 cm³/mol. The van der Waals surface area contributed by atoms with Gasteiger partial charge in [0.1, 0.15) is 0 Å².